The van der Waals surface area contributed by atoms with Gasteiger partial charge in [-0.3, -0.25) is 19.4 Å². The Labute approximate surface area is 287 Å². The Morgan fingerprint density at radius 2 is 1.49 bits per heavy atom. The van der Waals surface area contributed by atoms with Crippen molar-refractivity contribution in [1.82, 2.24) is 9.80 Å². The second-order valence-electron chi connectivity index (χ2n) is 12.0. The predicted molar refractivity (Wildman–Crippen MR) is 189 cm³/mol. The fraction of sp³-hybridized carbons (Fsp3) is 0.257. The Bertz CT molecular complexity index is 1930. The molecule has 0 aliphatic carbocycles. The van der Waals surface area contributed by atoms with Crippen LogP contribution in [0.5, 0.6) is 0 Å². The summed E-state index contributed by atoms with van der Waals surface area (Å²) in [6, 6.07) is 22.3. The zero-order valence-electron chi connectivity index (χ0n) is 26.6. The molecule has 0 saturated heterocycles. The molecule has 0 fully saturated rings. The van der Waals surface area contributed by atoms with Crippen LogP contribution in [0.4, 0.5) is 4.39 Å². The lowest BCUT2D eigenvalue weighted by Gasteiger charge is -2.39. The highest BCUT2D eigenvalue weighted by Gasteiger charge is 2.43. The van der Waals surface area contributed by atoms with Crippen molar-refractivity contribution in [3.63, 3.8) is 0 Å². The molecule has 244 valence electrons. The van der Waals surface area contributed by atoms with Crippen LogP contribution in [-0.2, 0) is 20.7 Å². The predicted octanol–water partition coefficient (Wildman–Crippen LogP) is 7.24. The number of benzene rings is 3. The molecular formula is C35H35Cl2FN6O2S. The maximum absolute atomic E-state index is 13.3. The van der Waals surface area contributed by atoms with Gasteiger partial charge < -0.3 is 11.5 Å². The molecule has 3 atom stereocenters. The lowest BCUT2D eigenvalue weighted by atomic mass is 9.78. The van der Waals surface area contributed by atoms with Gasteiger partial charge in [0.05, 0.1) is 22.9 Å². The van der Waals surface area contributed by atoms with E-state index in [0.717, 1.165) is 32.7 Å². The smallest absolute Gasteiger partial charge is 0.234 e. The second kappa shape index (κ2) is 13.1. The molecule has 0 unspecified atom stereocenters. The van der Waals surface area contributed by atoms with Gasteiger partial charge in [-0.15, -0.1) is 11.3 Å². The van der Waals surface area contributed by atoms with Gasteiger partial charge >= 0.3 is 0 Å². The summed E-state index contributed by atoms with van der Waals surface area (Å²) in [5, 5.41) is 2.71. The standard InChI is InChI=1S/C19H20ClN3O.C16H15ClFN3OS/c1-12-17(24)23(3)18(21)22-19(12,2)15-8-4-6-13(10-15)14-7-5-9-16(20)11-14;1-16(7-14(22)21(2)15(19)20-16)13-6-10(8-23-13)9-3-4-12(18)11(17)5-9/h4-12H,1-3H3,(H2,21,22);3-6,8H,7H2,1-2H3,(H2,19,20)/t12-,19-;16-/m00/s1. The van der Waals surface area contributed by atoms with E-state index in [2.05, 4.69) is 16.1 Å². The molecule has 2 aliphatic rings. The molecule has 8 nitrogen and oxygen atoms in total. The molecule has 3 aromatic carbocycles. The molecule has 3 heterocycles. The van der Waals surface area contributed by atoms with Crippen LogP contribution in [0, 0.1) is 11.7 Å². The minimum atomic E-state index is -0.692. The van der Waals surface area contributed by atoms with E-state index < -0.39 is 16.9 Å². The Kier molecular flexibility index (Phi) is 9.50. The van der Waals surface area contributed by atoms with E-state index in [9.17, 15) is 14.0 Å². The lowest BCUT2D eigenvalue weighted by molar-refractivity contribution is -0.133. The van der Waals surface area contributed by atoms with Crippen molar-refractivity contribution >= 4 is 58.3 Å². The molecular weight excluding hydrogens is 658 g/mol. The van der Waals surface area contributed by atoms with E-state index in [0.29, 0.717) is 5.02 Å². The SMILES string of the molecule is CN1C(=O)C[C@@](C)(c2cc(-c3ccc(F)c(Cl)c3)cs2)N=C1N.C[C@H]1C(=O)N(C)C(N)=N[C@]1(C)c1cccc(-c2cccc(Cl)c2)c1. The van der Waals surface area contributed by atoms with Gasteiger partial charge in [-0.05, 0) is 83.4 Å². The van der Waals surface area contributed by atoms with Gasteiger partial charge in [0.15, 0.2) is 11.9 Å². The van der Waals surface area contributed by atoms with Gasteiger partial charge in [-0.25, -0.2) is 14.4 Å². The van der Waals surface area contributed by atoms with E-state index in [1.807, 2.05) is 74.7 Å². The van der Waals surface area contributed by atoms with Crippen molar-refractivity contribution in [2.24, 2.45) is 27.4 Å². The van der Waals surface area contributed by atoms with Crippen LogP contribution in [0.25, 0.3) is 22.3 Å². The van der Waals surface area contributed by atoms with Crippen LogP contribution in [-0.4, -0.2) is 47.6 Å². The molecule has 0 spiro atoms. The largest absolute Gasteiger partial charge is 0.369 e. The van der Waals surface area contributed by atoms with Gasteiger partial charge in [0.2, 0.25) is 11.8 Å². The highest BCUT2D eigenvalue weighted by atomic mass is 35.5. The summed E-state index contributed by atoms with van der Waals surface area (Å²) in [6.07, 6.45) is 0.258. The van der Waals surface area contributed by atoms with Crippen LogP contribution in [0.2, 0.25) is 10.0 Å². The highest BCUT2D eigenvalue weighted by molar-refractivity contribution is 7.10. The summed E-state index contributed by atoms with van der Waals surface area (Å²) < 4.78 is 13.3. The number of guanidine groups is 2. The summed E-state index contributed by atoms with van der Waals surface area (Å²) in [7, 11) is 3.26. The number of carbonyl (C=O) groups is 2. The zero-order chi connectivity index (χ0) is 34.3. The van der Waals surface area contributed by atoms with E-state index in [1.165, 1.54) is 27.2 Å². The summed E-state index contributed by atoms with van der Waals surface area (Å²) in [6.45, 7) is 5.73. The van der Waals surface area contributed by atoms with Crippen LogP contribution in [0.1, 0.15) is 37.6 Å². The van der Waals surface area contributed by atoms with E-state index in [-0.39, 0.29) is 41.1 Å². The number of thiophene rings is 1. The third kappa shape index (κ3) is 6.76. The number of nitrogens with two attached hydrogens (primary N) is 2. The number of aliphatic imine (C=N–C) groups is 2. The molecule has 4 aromatic rings. The minimum absolute atomic E-state index is 0.0295. The third-order valence-corrected chi connectivity index (χ3v) is 10.5. The number of halogens is 3. The Morgan fingerprint density at radius 1 is 0.851 bits per heavy atom. The molecule has 2 aliphatic heterocycles. The summed E-state index contributed by atoms with van der Waals surface area (Å²) in [4.78, 5) is 37.3. The van der Waals surface area contributed by atoms with Crippen LogP contribution < -0.4 is 11.5 Å². The molecule has 4 N–H and O–H groups in total. The fourth-order valence-electron chi connectivity index (χ4n) is 5.55. The minimum Gasteiger partial charge on any atom is -0.369 e. The Morgan fingerprint density at radius 3 is 2.15 bits per heavy atom. The maximum atomic E-state index is 13.3. The van der Waals surface area contributed by atoms with Gasteiger partial charge in [-0.1, -0.05) is 66.5 Å². The van der Waals surface area contributed by atoms with Gasteiger partial charge in [0.25, 0.3) is 0 Å². The Hall–Kier alpha value is -4.25. The van der Waals surface area contributed by atoms with Crippen LogP contribution in [0.15, 0.2) is 88.2 Å². The summed E-state index contributed by atoms with van der Waals surface area (Å²) in [5.41, 5.74) is 15.2. The summed E-state index contributed by atoms with van der Waals surface area (Å²) in [5.74, 6) is -0.393. The first-order valence-electron chi connectivity index (χ1n) is 14.8. The Balaban J connectivity index is 0.000000185. The summed E-state index contributed by atoms with van der Waals surface area (Å²) >= 11 is 13.4. The number of nitrogens with zero attached hydrogens (tertiary/aromatic N) is 4. The van der Waals surface area contributed by atoms with Crippen LogP contribution in [0.3, 0.4) is 0 Å². The second-order valence-corrected chi connectivity index (χ2v) is 13.8. The average molecular weight is 694 g/mol. The average Bonchev–Trinajstić information content (AvgIpc) is 3.55. The quantitative estimate of drug-likeness (QED) is 0.234. The zero-order valence-corrected chi connectivity index (χ0v) is 28.9. The molecule has 6 rings (SSSR count). The number of hydrogen-bond acceptors (Lipinski definition) is 7. The van der Waals surface area contributed by atoms with Crippen molar-refractivity contribution < 1.29 is 14.0 Å². The normalized spacial score (nSPS) is 22.8. The molecule has 47 heavy (non-hydrogen) atoms. The molecule has 12 heteroatoms. The van der Waals surface area contributed by atoms with Gasteiger partial charge in [0.1, 0.15) is 11.4 Å². The number of carbonyl (C=O) groups excluding carboxylic acids is 2. The monoisotopic (exact) mass is 692 g/mol. The first-order chi connectivity index (χ1) is 22.1. The molecule has 0 radical (unpaired) electrons. The molecule has 1 aromatic heterocycles. The topological polar surface area (TPSA) is 117 Å². The van der Waals surface area contributed by atoms with Crippen molar-refractivity contribution in [1.29, 1.82) is 0 Å². The first kappa shape index (κ1) is 34.1. The van der Waals surface area contributed by atoms with E-state index >= 15 is 0 Å². The lowest BCUT2D eigenvalue weighted by Crippen LogP contribution is -2.52. The first-order valence-corrected chi connectivity index (χ1v) is 16.4. The van der Waals surface area contributed by atoms with Crippen molar-refractivity contribution in [3.8, 4) is 22.3 Å². The van der Waals surface area contributed by atoms with Crippen molar-refractivity contribution in [2.45, 2.75) is 38.3 Å². The fourth-order valence-corrected chi connectivity index (χ4v) is 6.94. The maximum Gasteiger partial charge on any atom is 0.234 e. The van der Waals surface area contributed by atoms with Gasteiger partial charge in [-0.2, -0.15) is 0 Å². The third-order valence-electron chi connectivity index (χ3n) is 8.80. The molecule has 2 amide bonds. The number of rotatable bonds is 4. The number of hydrogen-bond donors (Lipinski definition) is 2. The molecule has 0 saturated carbocycles. The van der Waals surface area contributed by atoms with Crippen molar-refractivity contribution in [2.75, 3.05) is 14.1 Å². The van der Waals surface area contributed by atoms with E-state index in [4.69, 9.17) is 34.7 Å². The highest BCUT2D eigenvalue weighted by Crippen LogP contribution is 2.40. The van der Waals surface area contributed by atoms with E-state index in [1.54, 1.807) is 26.2 Å². The van der Waals surface area contributed by atoms with Crippen LogP contribution >= 0.6 is 34.5 Å². The van der Waals surface area contributed by atoms with Gasteiger partial charge in [0, 0.05) is 24.0 Å². The van der Waals surface area contributed by atoms with Crippen molar-refractivity contribution in [3.05, 3.63) is 104 Å². The number of amides is 2. The molecule has 0 bridgehead atoms.